The number of rotatable bonds is 7. The molecule has 0 unspecified atom stereocenters. The van der Waals surface area contributed by atoms with Gasteiger partial charge >= 0.3 is 0 Å². The number of carbonyl (C=O) groups excluding carboxylic acids is 1. The van der Waals surface area contributed by atoms with Crippen molar-refractivity contribution in [3.8, 4) is 5.69 Å². The van der Waals surface area contributed by atoms with Crippen LogP contribution < -0.4 is 10.2 Å². The Morgan fingerprint density at radius 1 is 1.03 bits per heavy atom. The Hall–Kier alpha value is -2.84. The third-order valence-corrected chi connectivity index (χ3v) is 6.14. The summed E-state index contributed by atoms with van der Waals surface area (Å²) in [5.41, 5.74) is 2.69. The highest BCUT2D eigenvalue weighted by molar-refractivity contribution is 7.98. The lowest BCUT2D eigenvalue weighted by molar-refractivity contribution is 0.0948. The maximum Gasteiger partial charge on any atom is 0.251 e. The molecule has 0 aliphatic carbocycles. The molecule has 8 heteroatoms. The van der Waals surface area contributed by atoms with E-state index >= 15 is 0 Å². The Labute approximate surface area is 186 Å². The summed E-state index contributed by atoms with van der Waals surface area (Å²) in [5, 5.41) is 3.93. The minimum Gasteiger partial charge on any atom is -0.369 e. The Morgan fingerprint density at radius 2 is 1.71 bits per heavy atom. The first kappa shape index (κ1) is 21.4. The van der Waals surface area contributed by atoms with Crippen LogP contribution in [0.2, 0.25) is 0 Å². The van der Waals surface area contributed by atoms with E-state index in [0.717, 1.165) is 49.3 Å². The van der Waals surface area contributed by atoms with E-state index in [1.165, 1.54) is 12.1 Å². The molecule has 162 valence electrons. The second-order valence-corrected chi connectivity index (χ2v) is 8.17. The molecule has 4 rings (SSSR count). The molecule has 31 heavy (non-hydrogen) atoms. The molecular formula is C23H26FN5OS. The summed E-state index contributed by atoms with van der Waals surface area (Å²) < 4.78 is 15.1. The summed E-state index contributed by atoms with van der Waals surface area (Å²) in [6.07, 6.45) is 5.67. The topological polar surface area (TPSA) is 53.4 Å². The summed E-state index contributed by atoms with van der Waals surface area (Å²) in [5.74, 6) is -0.272. The van der Waals surface area contributed by atoms with Gasteiger partial charge in [0.15, 0.2) is 5.16 Å². The lowest BCUT2D eigenvalue weighted by Crippen LogP contribution is -2.48. The Morgan fingerprint density at radius 3 is 2.39 bits per heavy atom. The van der Waals surface area contributed by atoms with Crippen molar-refractivity contribution in [2.75, 3.05) is 50.4 Å². The van der Waals surface area contributed by atoms with Crippen molar-refractivity contribution in [1.29, 1.82) is 0 Å². The van der Waals surface area contributed by atoms with Crippen LogP contribution in [0.15, 0.2) is 66.1 Å². The van der Waals surface area contributed by atoms with Crippen LogP contribution in [-0.2, 0) is 0 Å². The molecule has 0 atom stereocenters. The molecule has 1 aliphatic heterocycles. The maximum atomic E-state index is 13.1. The molecule has 0 saturated carbocycles. The van der Waals surface area contributed by atoms with Gasteiger partial charge in [-0.05, 0) is 54.8 Å². The van der Waals surface area contributed by atoms with Crippen LogP contribution >= 0.6 is 11.8 Å². The van der Waals surface area contributed by atoms with Crippen molar-refractivity contribution in [2.45, 2.75) is 5.16 Å². The lowest BCUT2D eigenvalue weighted by Gasteiger charge is -2.36. The Bertz CT molecular complexity index is 998. The highest BCUT2D eigenvalue weighted by Crippen LogP contribution is 2.19. The van der Waals surface area contributed by atoms with Crippen LogP contribution in [0, 0.1) is 5.82 Å². The molecule has 1 N–H and O–H groups in total. The van der Waals surface area contributed by atoms with Crippen molar-refractivity contribution < 1.29 is 9.18 Å². The van der Waals surface area contributed by atoms with Crippen molar-refractivity contribution in [1.82, 2.24) is 19.8 Å². The predicted octanol–water partition coefficient (Wildman–Crippen LogP) is 3.29. The molecule has 0 bridgehead atoms. The number of hydrogen-bond acceptors (Lipinski definition) is 5. The summed E-state index contributed by atoms with van der Waals surface area (Å²) in [6, 6.07) is 14.2. The van der Waals surface area contributed by atoms with Gasteiger partial charge in [0.1, 0.15) is 5.82 Å². The lowest BCUT2D eigenvalue weighted by atomic mass is 10.2. The number of carbonyl (C=O) groups is 1. The first-order chi connectivity index (χ1) is 15.1. The molecule has 1 aromatic heterocycles. The number of anilines is 1. The van der Waals surface area contributed by atoms with Gasteiger partial charge in [0.2, 0.25) is 0 Å². The van der Waals surface area contributed by atoms with Gasteiger partial charge in [-0.3, -0.25) is 14.3 Å². The fourth-order valence-corrected chi connectivity index (χ4v) is 4.25. The van der Waals surface area contributed by atoms with Crippen molar-refractivity contribution in [3.05, 3.63) is 72.3 Å². The minimum absolute atomic E-state index is 0.0628. The Balaban J connectivity index is 1.22. The van der Waals surface area contributed by atoms with Gasteiger partial charge in [0, 0.05) is 68.6 Å². The van der Waals surface area contributed by atoms with Crippen molar-refractivity contribution in [3.63, 3.8) is 0 Å². The number of thioether (sulfide) groups is 1. The molecule has 1 aliphatic rings. The summed E-state index contributed by atoms with van der Waals surface area (Å²) in [4.78, 5) is 21.4. The van der Waals surface area contributed by atoms with Gasteiger partial charge in [0.05, 0.1) is 0 Å². The predicted molar refractivity (Wildman–Crippen MR) is 123 cm³/mol. The highest BCUT2D eigenvalue weighted by Gasteiger charge is 2.17. The second kappa shape index (κ2) is 9.98. The number of amides is 1. The largest absolute Gasteiger partial charge is 0.369 e. The van der Waals surface area contributed by atoms with Crippen LogP contribution in [0.3, 0.4) is 0 Å². The number of benzene rings is 2. The quantitative estimate of drug-likeness (QED) is 0.573. The molecule has 6 nitrogen and oxygen atoms in total. The highest BCUT2D eigenvalue weighted by atomic mass is 32.2. The van der Waals surface area contributed by atoms with Crippen LogP contribution in [0.5, 0.6) is 0 Å². The standard InChI is InChI=1S/C23H26FN5OS/c1-31-23-26-11-13-29(23)21-6-2-18(3-7-21)22(30)25-10-12-27-14-16-28(17-15-27)20-8-4-19(24)5-9-20/h2-9,11,13H,10,12,14-17H2,1H3,(H,25,30). The molecule has 2 heterocycles. The van der Waals surface area contributed by atoms with Gasteiger partial charge < -0.3 is 10.2 Å². The van der Waals surface area contributed by atoms with Gasteiger partial charge in [0.25, 0.3) is 5.91 Å². The normalized spacial score (nSPS) is 14.6. The number of imidazole rings is 1. The summed E-state index contributed by atoms with van der Waals surface area (Å²) >= 11 is 1.58. The average Bonchev–Trinajstić information content (AvgIpc) is 3.29. The fraction of sp³-hybridized carbons (Fsp3) is 0.304. The van der Waals surface area contributed by atoms with E-state index in [0.29, 0.717) is 12.1 Å². The van der Waals surface area contributed by atoms with Gasteiger partial charge in [-0.1, -0.05) is 11.8 Å². The number of nitrogens with one attached hydrogen (secondary N) is 1. The van der Waals surface area contributed by atoms with E-state index in [1.807, 2.05) is 53.4 Å². The van der Waals surface area contributed by atoms with E-state index in [2.05, 4.69) is 20.1 Å². The Kier molecular flexibility index (Phi) is 6.89. The minimum atomic E-state index is -0.209. The van der Waals surface area contributed by atoms with Crippen LogP contribution in [0.25, 0.3) is 5.69 Å². The third-order valence-electron chi connectivity index (χ3n) is 5.47. The third kappa shape index (κ3) is 5.26. The van der Waals surface area contributed by atoms with Crippen LogP contribution in [0.4, 0.5) is 10.1 Å². The van der Waals surface area contributed by atoms with E-state index in [9.17, 15) is 9.18 Å². The molecule has 1 fully saturated rings. The zero-order valence-electron chi connectivity index (χ0n) is 17.5. The molecule has 0 spiro atoms. The summed E-state index contributed by atoms with van der Waals surface area (Å²) in [6.45, 7) is 5.05. The SMILES string of the molecule is CSc1nccn1-c1ccc(C(=O)NCCN2CCN(c3ccc(F)cc3)CC2)cc1. The zero-order chi connectivity index (χ0) is 21.6. The zero-order valence-corrected chi connectivity index (χ0v) is 18.3. The first-order valence-corrected chi connectivity index (χ1v) is 11.6. The number of aromatic nitrogens is 2. The number of piperazine rings is 1. The van der Waals surface area contributed by atoms with Crippen LogP contribution in [0.1, 0.15) is 10.4 Å². The summed E-state index contributed by atoms with van der Waals surface area (Å²) in [7, 11) is 0. The molecule has 2 aromatic carbocycles. The van der Waals surface area contributed by atoms with Gasteiger partial charge in [-0.25, -0.2) is 9.37 Å². The molecule has 0 radical (unpaired) electrons. The molecule has 1 saturated heterocycles. The number of hydrogen-bond donors (Lipinski definition) is 1. The average molecular weight is 440 g/mol. The number of nitrogens with zero attached hydrogens (tertiary/aromatic N) is 4. The monoisotopic (exact) mass is 439 g/mol. The maximum absolute atomic E-state index is 13.1. The number of halogens is 1. The molecular weight excluding hydrogens is 413 g/mol. The van der Waals surface area contributed by atoms with E-state index in [-0.39, 0.29) is 11.7 Å². The van der Waals surface area contributed by atoms with Gasteiger partial charge in [-0.15, -0.1) is 0 Å². The van der Waals surface area contributed by atoms with Crippen molar-refractivity contribution >= 4 is 23.4 Å². The molecule has 3 aromatic rings. The fourth-order valence-electron chi connectivity index (χ4n) is 3.72. The second-order valence-electron chi connectivity index (χ2n) is 7.39. The smallest absolute Gasteiger partial charge is 0.251 e. The van der Waals surface area contributed by atoms with Gasteiger partial charge in [-0.2, -0.15) is 0 Å². The van der Waals surface area contributed by atoms with Crippen molar-refractivity contribution in [2.24, 2.45) is 0 Å². The van der Waals surface area contributed by atoms with Crippen LogP contribution in [-0.4, -0.2) is 65.9 Å². The van der Waals surface area contributed by atoms with E-state index in [1.54, 1.807) is 18.0 Å². The van der Waals surface area contributed by atoms with E-state index in [4.69, 9.17) is 0 Å². The first-order valence-electron chi connectivity index (χ1n) is 10.3. The molecule has 1 amide bonds. The van der Waals surface area contributed by atoms with E-state index < -0.39 is 0 Å².